The van der Waals surface area contributed by atoms with Gasteiger partial charge in [-0.3, -0.25) is 9.69 Å². The summed E-state index contributed by atoms with van der Waals surface area (Å²) in [6, 6.07) is 9.57. The van der Waals surface area contributed by atoms with Crippen LogP contribution in [0.25, 0.3) is 0 Å². The monoisotopic (exact) mass is 389 g/mol. The normalized spacial score (nSPS) is 18.6. The Hall–Kier alpha value is -1.82. The molecular formula is C21H28ClN3O2. The smallest absolute Gasteiger partial charge is 0.293 e. The van der Waals surface area contributed by atoms with Crippen molar-refractivity contribution in [3.63, 3.8) is 0 Å². The van der Waals surface area contributed by atoms with Crippen molar-refractivity contribution in [2.75, 3.05) is 19.6 Å². The van der Waals surface area contributed by atoms with Gasteiger partial charge in [-0.1, -0.05) is 44.5 Å². The van der Waals surface area contributed by atoms with Gasteiger partial charge in [-0.25, -0.2) is 0 Å². The number of halogens is 1. The number of rotatable bonds is 4. The second kappa shape index (κ2) is 8.05. The Morgan fingerprint density at radius 2 is 1.89 bits per heavy atom. The number of hydrogen-bond donors (Lipinski definition) is 2. The predicted molar refractivity (Wildman–Crippen MR) is 109 cm³/mol. The van der Waals surface area contributed by atoms with Crippen LogP contribution in [0.2, 0.25) is 5.02 Å². The summed E-state index contributed by atoms with van der Waals surface area (Å²) in [5.74, 6) is -0.155. The Morgan fingerprint density at radius 3 is 2.56 bits per heavy atom. The Bertz CT molecular complexity index is 840. The summed E-state index contributed by atoms with van der Waals surface area (Å²) < 4.78 is 1.53. The summed E-state index contributed by atoms with van der Waals surface area (Å²) in [6.07, 6.45) is 1.76. The van der Waals surface area contributed by atoms with Crippen LogP contribution in [0.1, 0.15) is 31.9 Å². The van der Waals surface area contributed by atoms with Crippen LogP contribution in [0.4, 0.5) is 0 Å². The lowest BCUT2D eigenvalue weighted by molar-refractivity contribution is 0.0681. The van der Waals surface area contributed by atoms with Gasteiger partial charge in [-0.05, 0) is 29.2 Å². The summed E-state index contributed by atoms with van der Waals surface area (Å²) in [5, 5.41) is 14.6. The molecule has 146 valence electrons. The van der Waals surface area contributed by atoms with Crippen LogP contribution < -0.4 is 10.9 Å². The van der Waals surface area contributed by atoms with Crippen molar-refractivity contribution >= 4 is 11.6 Å². The number of benzene rings is 1. The molecule has 1 aliphatic rings. The lowest BCUT2D eigenvalue weighted by Crippen LogP contribution is -2.56. The molecule has 0 aliphatic carbocycles. The van der Waals surface area contributed by atoms with Gasteiger partial charge in [0.1, 0.15) is 0 Å². The van der Waals surface area contributed by atoms with Crippen molar-refractivity contribution in [1.82, 2.24) is 14.8 Å². The zero-order chi connectivity index (χ0) is 19.6. The molecule has 3 rings (SSSR count). The average Bonchev–Trinajstić information content (AvgIpc) is 2.63. The fraction of sp³-hybridized carbons (Fsp3) is 0.476. The molecule has 5 nitrogen and oxygen atoms in total. The van der Waals surface area contributed by atoms with E-state index in [2.05, 4.69) is 31.0 Å². The first-order chi connectivity index (χ1) is 12.8. The number of aromatic nitrogens is 1. The maximum Gasteiger partial charge on any atom is 0.293 e. The molecule has 0 saturated carbocycles. The van der Waals surface area contributed by atoms with Gasteiger partial charge in [0.05, 0.1) is 6.54 Å². The quantitative estimate of drug-likeness (QED) is 0.843. The Balaban J connectivity index is 1.80. The summed E-state index contributed by atoms with van der Waals surface area (Å²) in [7, 11) is 0. The van der Waals surface area contributed by atoms with Gasteiger partial charge in [-0.15, -0.1) is 0 Å². The molecule has 2 N–H and O–H groups in total. The lowest BCUT2D eigenvalue weighted by atomic mass is 9.84. The second-order valence-corrected chi connectivity index (χ2v) is 8.74. The third-order valence-corrected chi connectivity index (χ3v) is 5.47. The SMILES string of the molecule is CC(C)(C)C1CNCCN1Cc1ccn(Cc2ccc(Cl)cc2)c(=O)c1O. The molecule has 2 heterocycles. The molecule has 1 aromatic carbocycles. The van der Waals surface area contributed by atoms with Gasteiger partial charge in [0.2, 0.25) is 0 Å². The van der Waals surface area contributed by atoms with Gasteiger partial charge in [-0.2, -0.15) is 0 Å². The maximum absolute atomic E-state index is 12.6. The van der Waals surface area contributed by atoms with E-state index in [1.165, 1.54) is 4.57 Å². The summed E-state index contributed by atoms with van der Waals surface area (Å²) in [5.41, 5.74) is 1.41. The van der Waals surface area contributed by atoms with Gasteiger partial charge >= 0.3 is 0 Å². The molecule has 0 spiro atoms. The molecular weight excluding hydrogens is 362 g/mol. The molecule has 1 aromatic heterocycles. The third-order valence-electron chi connectivity index (χ3n) is 5.22. The molecule has 1 unspecified atom stereocenters. The first-order valence-electron chi connectivity index (χ1n) is 9.36. The molecule has 1 fully saturated rings. The zero-order valence-electron chi connectivity index (χ0n) is 16.2. The minimum atomic E-state index is -0.357. The van der Waals surface area contributed by atoms with Crippen molar-refractivity contribution in [2.45, 2.75) is 39.9 Å². The third kappa shape index (κ3) is 4.72. The van der Waals surface area contributed by atoms with Gasteiger partial charge in [0, 0.05) is 49.0 Å². The van der Waals surface area contributed by atoms with Crippen molar-refractivity contribution < 1.29 is 5.11 Å². The fourth-order valence-electron chi connectivity index (χ4n) is 3.65. The Labute approximate surface area is 165 Å². The molecule has 1 atom stereocenters. The highest BCUT2D eigenvalue weighted by atomic mass is 35.5. The van der Waals surface area contributed by atoms with Crippen molar-refractivity contribution in [1.29, 1.82) is 0 Å². The van der Waals surface area contributed by atoms with E-state index in [0.29, 0.717) is 29.7 Å². The van der Waals surface area contributed by atoms with Gasteiger partial charge < -0.3 is 15.0 Å². The van der Waals surface area contributed by atoms with Gasteiger partial charge in [0.15, 0.2) is 5.75 Å². The first kappa shape index (κ1) is 19.9. The highest BCUT2D eigenvalue weighted by molar-refractivity contribution is 6.30. The number of nitrogens with one attached hydrogen (secondary N) is 1. The minimum Gasteiger partial charge on any atom is -0.503 e. The molecule has 6 heteroatoms. The van der Waals surface area contributed by atoms with E-state index in [0.717, 1.165) is 25.2 Å². The highest BCUT2D eigenvalue weighted by Crippen LogP contribution is 2.27. The topological polar surface area (TPSA) is 57.5 Å². The van der Waals surface area contributed by atoms with E-state index < -0.39 is 0 Å². The highest BCUT2D eigenvalue weighted by Gasteiger charge is 2.32. The molecule has 1 saturated heterocycles. The Kier molecular flexibility index (Phi) is 5.94. The van der Waals surface area contributed by atoms with Crippen LogP contribution in [0.15, 0.2) is 41.3 Å². The number of piperazine rings is 1. The van der Waals surface area contributed by atoms with Gasteiger partial charge in [0.25, 0.3) is 5.56 Å². The lowest BCUT2D eigenvalue weighted by Gasteiger charge is -2.43. The van der Waals surface area contributed by atoms with Crippen LogP contribution in [0.3, 0.4) is 0 Å². The van der Waals surface area contributed by atoms with E-state index in [-0.39, 0.29) is 16.7 Å². The van der Waals surface area contributed by atoms with Crippen LogP contribution >= 0.6 is 11.6 Å². The van der Waals surface area contributed by atoms with E-state index in [9.17, 15) is 9.90 Å². The molecule has 0 radical (unpaired) electrons. The van der Waals surface area contributed by atoms with Crippen LogP contribution in [0.5, 0.6) is 5.75 Å². The predicted octanol–water partition coefficient (Wildman–Crippen LogP) is 3.08. The molecule has 27 heavy (non-hydrogen) atoms. The van der Waals surface area contributed by atoms with Crippen molar-refractivity contribution in [3.8, 4) is 5.75 Å². The van der Waals surface area contributed by atoms with Crippen molar-refractivity contribution in [3.05, 3.63) is 63.0 Å². The Morgan fingerprint density at radius 1 is 1.19 bits per heavy atom. The van der Waals surface area contributed by atoms with Crippen molar-refractivity contribution in [2.24, 2.45) is 5.41 Å². The molecule has 0 bridgehead atoms. The summed E-state index contributed by atoms with van der Waals surface area (Å²) in [4.78, 5) is 15.0. The van der Waals surface area contributed by atoms with E-state index in [4.69, 9.17) is 11.6 Å². The summed E-state index contributed by atoms with van der Waals surface area (Å²) >= 11 is 5.91. The largest absolute Gasteiger partial charge is 0.503 e. The molecule has 1 aliphatic heterocycles. The van der Waals surface area contributed by atoms with E-state index in [1.54, 1.807) is 18.3 Å². The van der Waals surface area contributed by atoms with Crippen LogP contribution in [0, 0.1) is 5.41 Å². The average molecular weight is 390 g/mol. The number of nitrogens with zero attached hydrogens (tertiary/aromatic N) is 2. The van der Waals surface area contributed by atoms with E-state index >= 15 is 0 Å². The van der Waals surface area contributed by atoms with Crippen LogP contribution in [-0.2, 0) is 13.1 Å². The number of pyridine rings is 1. The van der Waals surface area contributed by atoms with Crippen LogP contribution in [-0.4, -0.2) is 40.2 Å². The zero-order valence-corrected chi connectivity index (χ0v) is 17.0. The van der Waals surface area contributed by atoms with E-state index in [1.807, 2.05) is 18.2 Å². The standard InChI is InChI=1S/C21H28ClN3O2/c1-21(2,3)18-12-23-9-11-24(18)14-16-8-10-25(20(27)19(16)26)13-15-4-6-17(22)7-5-15/h4-8,10,18,23,26H,9,11-14H2,1-3H3. The number of aromatic hydroxyl groups is 1. The minimum absolute atomic E-state index is 0.118. The number of hydrogen-bond acceptors (Lipinski definition) is 4. The molecule has 0 amide bonds. The first-order valence-corrected chi connectivity index (χ1v) is 9.74. The maximum atomic E-state index is 12.6. The fourth-order valence-corrected chi connectivity index (χ4v) is 3.77. The summed E-state index contributed by atoms with van der Waals surface area (Å²) in [6.45, 7) is 10.4. The second-order valence-electron chi connectivity index (χ2n) is 8.31. The molecule has 2 aromatic rings.